The Balaban J connectivity index is 1.89. The number of amides is 2. The number of imide groups is 1. The minimum Gasteiger partial charge on any atom is -0.274 e. The largest absolute Gasteiger partial charge is 0.416 e. The van der Waals surface area contributed by atoms with Crippen LogP contribution in [0.2, 0.25) is 0 Å². The molecule has 3 nitrogen and oxygen atoms in total. The van der Waals surface area contributed by atoms with E-state index in [9.17, 15) is 22.8 Å². The molecule has 6 heteroatoms. The smallest absolute Gasteiger partial charge is 0.274 e. The highest BCUT2D eigenvalue weighted by Crippen LogP contribution is 2.35. The van der Waals surface area contributed by atoms with Crippen LogP contribution in [0.5, 0.6) is 0 Å². The SMILES string of the molecule is O=C1C[C@H](c2ccccc2)C(=O)N1c1ccc(C(F)(F)F)cc1. The van der Waals surface area contributed by atoms with Crippen molar-refractivity contribution in [2.75, 3.05) is 4.90 Å². The molecule has 1 heterocycles. The molecule has 1 atom stereocenters. The van der Waals surface area contributed by atoms with Crippen molar-refractivity contribution in [2.24, 2.45) is 0 Å². The van der Waals surface area contributed by atoms with Gasteiger partial charge in [-0.15, -0.1) is 0 Å². The maximum absolute atomic E-state index is 12.6. The molecule has 0 aliphatic carbocycles. The fourth-order valence-corrected chi connectivity index (χ4v) is 2.65. The zero-order chi connectivity index (χ0) is 16.6. The average Bonchev–Trinajstić information content (AvgIpc) is 2.82. The van der Waals surface area contributed by atoms with Gasteiger partial charge in [0.15, 0.2) is 0 Å². The molecule has 23 heavy (non-hydrogen) atoms. The van der Waals surface area contributed by atoms with Crippen LogP contribution in [0.25, 0.3) is 0 Å². The summed E-state index contributed by atoms with van der Waals surface area (Å²) in [6, 6.07) is 12.9. The summed E-state index contributed by atoms with van der Waals surface area (Å²) in [5.41, 5.74) is 0.0617. The monoisotopic (exact) mass is 319 g/mol. The normalized spacial score (nSPS) is 18.6. The summed E-state index contributed by atoms with van der Waals surface area (Å²) in [4.78, 5) is 25.6. The Morgan fingerprint density at radius 3 is 2.09 bits per heavy atom. The van der Waals surface area contributed by atoms with Gasteiger partial charge in [-0.05, 0) is 29.8 Å². The molecule has 0 radical (unpaired) electrons. The second-order valence-electron chi connectivity index (χ2n) is 5.28. The summed E-state index contributed by atoms with van der Waals surface area (Å²) in [6.07, 6.45) is -4.44. The zero-order valence-corrected chi connectivity index (χ0v) is 11.9. The van der Waals surface area contributed by atoms with Gasteiger partial charge in [0.05, 0.1) is 17.2 Å². The summed E-state index contributed by atoms with van der Waals surface area (Å²) in [5, 5.41) is 0. The summed E-state index contributed by atoms with van der Waals surface area (Å²) in [6.45, 7) is 0. The molecule has 3 rings (SSSR count). The number of nitrogens with zero attached hydrogens (tertiary/aromatic N) is 1. The van der Waals surface area contributed by atoms with E-state index in [2.05, 4.69) is 0 Å². The summed E-state index contributed by atoms with van der Waals surface area (Å²) in [5.74, 6) is -1.42. The maximum atomic E-state index is 12.6. The van der Waals surface area contributed by atoms with E-state index >= 15 is 0 Å². The van der Waals surface area contributed by atoms with Gasteiger partial charge in [0, 0.05) is 6.42 Å². The van der Waals surface area contributed by atoms with Crippen molar-refractivity contribution in [3.8, 4) is 0 Å². The summed E-state index contributed by atoms with van der Waals surface area (Å²) >= 11 is 0. The number of hydrogen-bond acceptors (Lipinski definition) is 2. The minimum atomic E-state index is -4.45. The predicted molar refractivity (Wildman–Crippen MR) is 77.7 cm³/mol. The van der Waals surface area contributed by atoms with E-state index in [1.807, 2.05) is 0 Å². The molecule has 2 aromatic carbocycles. The van der Waals surface area contributed by atoms with Gasteiger partial charge in [0.25, 0.3) is 0 Å². The number of halogens is 3. The molecule has 118 valence electrons. The van der Waals surface area contributed by atoms with Crippen LogP contribution in [-0.4, -0.2) is 11.8 Å². The number of carbonyl (C=O) groups is 2. The van der Waals surface area contributed by atoms with Crippen LogP contribution in [0.3, 0.4) is 0 Å². The van der Waals surface area contributed by atoms with E-state index in [1.54, 1.807) is 30.3 Å². The van der Waals surface area contributed by atoms with Crippen LogP contribution in [0.4, 0.5) is 18.9 Å². The van der Waals surface area contributed by atoms with Gasteiger partial charge in [-0.3, -0.25) is 14.5 Å². The highest BCUT2D eigenvalue weighted by Gasteiger charge is 2.40. The van der Waals surface area contributed by atoms with Crippen molar-refractivity contribution in [3.05, 3.63) is 65.7 Å². The second-order valence-corrected chi connectivity index (χ2v) is 5.28. The van der Waals surface area contributed by atoms with Crippen LogP contribution >= 0.6 is 0 Å². The maximum Gasteiger partial charge on any atom is 0.416 e. The molecule has 0 saturated carbocycles. The fourth-order valence-electron chi connectivity index (χ4n) is 2.65. The van der Waals surface area contributed by atoms with Gasteiger partial charge in [-0.25, -0.2) is 0 Å². The number of anilines is 1. The van der Waals surface area contributed by atoms with Crippen LogP contribution in [0.15, 0.2) is 54.6 Å². The van der Waals surface area contributed by atoms with Crippen LogP contribution in [-0.2, 0) is 15.8 Å². The quantitative estimate of drug-likeness (QED) is 0.791. The van der Waals surface area contributed by atoms with Crippen molar-refractivity contribution in [1.29, 1.82) is 0 Å². The first-order chi connectivity index (χ1) is 10.9. The number of alkyl halides is 3. The van der Waals surface area contributed by atoms with Crippen molar-refractivity contribution in [3.63, 3.8) is 0 Å². The molecule has 0 N–H and O–H groups in total. The molecule has 1 aliphatic heterocycles. The van der Waals surface area contributed by atoms with E-state index < -0.39 is 29.5 Å². The lowest BCUT2D eigenvalue weighted by atomic mass is 9.98. The number of benzene rings is 2. The van der Waals surface area contributed by atoms with Gasteiger partial charge >= 0.3 is 6.18 Å². The molecule has 1 saturated heterocycles. The van der Waals surface area contributed by atoms with E-state index in [0.29, 0.717) is 0 Å². The lowest BCUT2D eigenvalue weighted by Crippen LogP contribution is -2.30. The first-order valence-electron chi connectivity index (χ1n) is 6.97. The number of rotatable bonds is 2. The van der Waals surface area contributed by atoms with Crippen LogP contribution < -0.4 is 4.90 Å². The van der Waals surface area contributed by atoms with E-state index in [0.717, 1.165) is 34.7 Å². The van der Waals surface area contributed by atoms with Gasteiger partial charge in [-0.2, -0.15) is 13.2 Å². The summed E-state index contributed by atoms with van der Waals surface area (Å²) < 4.78 is 37.8. The molecular formula is C17H12F3NO2. The summed E-state index contributed by atoms with van der Waals surface area (Å²) in [7, 11) is 0. The Bertz CT molecular complexity index is 739. The van der Waals surface area contributed by atoms with Crippen molar-refractivity contribution in [2.45, 2.75) is 18.5 Å². The molecule has 2 amide bonds. The molecule has 1 aliphatic rings. The minimum absolute atomic E-state index is 0.0177. The number of carbonyl (C=O) groups excluding carboxylic acids is 2. The van der Waals surface area contributed by atoms with Crippen LogP contribution in [0.1, 0.15) is 23.5 Å². The van der Waals surface area contributed by atoms with Crippen LogP contribution in [0, 0.1) is 0 Å². The highest BCUT2D eigenvalue weighted by molar-refractivity contribution is 6.22. The molecule has 0 aromatic heterocycles. The Hall–Kier alpha value is -2.63. The van der Waals surface area contributed by atoms with Crippen molar-refractivity contribution < 1.29 is 22.8 Å². The first kappa shape index (κ1) is 15.3. The Kier molecular flexibility index (Phi) is 3.67. The van der Waals surface area contributed by atoms with Gasteiger partial charge in [0.2, 0.25) is 11.8 Å². The lowest BCUT2D eigenvalue weighted by Gasteiger charge is -2.16. The Morgan fingerprint density at radius 1 is 0.913 bits per heavy atom. The Labute approximate surface area is 130 Å². The third-order valence-electron chi connectivity index (χ3n) is 3.80. The van der Waals surface area contributed by atoms with Crippen molar-refractivity contribution >= 4 is 17.5 Å². The lowest BCUT2D eigenvalue weighted by molar-refractivity contribution is -0.137. The standard InChI is InChI=1S/C17H12F3NO2/c18-17(19,20)12-6-8-13(9-7-12)21-15(22)10-14(16(21)23)11-4-2-1-3-5-11/h1-9,14H,10H2/t14-/m1/s1. The van der Waals surface area contributed by atoms with Gasteiger partial charge in [0.1, 0.15) is 0 Å². The average molecular weight is 319 g/mol. The highest BCUT2D eigenvalue weighted by atomic mass is 19.4. The van der Waals surface area contributed by atoms with Crippen molar-refractivity contribution in [1.82, 2.24) is 0 Å². The molecule has 0 unspecified atom stereocenters. The Morgan fingerprint density at radius 2 is 1.52 bits per heavy atom. The molecule has 2 aromatic rings. The molecule has 0 spiro atoms. The molecule has 1 fully saturated rings. The van der Waals surface area contributed by atoms with Gasteiger partial charge < -0.3 is 0 Å². The third kappa shape index (κ3) is 2.84. The molecular weight excluding hydrogens is 307 g/mol. The van der Waals surface area contributed by atoms with Gasteiger partial charge in [-0.1, -0.05) is 30.3 Å². The third-order valence-corrected chi connectivity index (χ3v) is 3.80. The first-order valence-corrected chi connectivity index (χ1v) is 6.97. The topological polar surface area (TPSA) is 37.4 Å². The molecule has 0 bridgehead atoms. The van der Waals surface area contributed by atoms with E-state index in [4.69, 9.17) is 0 Å². The van der Waals surface area contributed by atoms with E-state index in [1.165, 1.54) is 0 Å². The number of hydrogen-bond donors (Lipinski definition) is 0. The zero-order valence-electron chi connectivity index (χ0n) is 11.9. The predicted octanol–water partition coefficient (Wildman–Crippen LogP) is 3.75. The van der Waals surface area contributed by atoms with E-state index in [-0.39, 0.29) is 12.1 Å². The fraction of sp³-hybridized carbons (Fsp3) is 0.176. The second kappa shape index (κ2) is 5.53.